The molecule has 3 N–H and O–H groups in total. The second kappa shape index (κ2) is 6.74. The smallest absolute Gasteiger partial charge is 0.250 e. The Kier molecular flexibility index (Phi) is 4.98. The minimum absolute atomic E-state index is 0.179. The van der Waals surface area contributed by atoms with Gasteiger partial charge in [-0.05, 0) is 35.9 Å². The van der Waals surface area contributed by atoms with Crippen LogP contribution in [0.5, 0.6) is 0 Å². The highest BCUT2D eigenvalue weighted by Crippen LogP contribution is 2.20. The Labute approximate surface area is 135 Å². The van der Waals surface area contributed by atoms with E-state index < -0.39 is 5.91 Å². The molecular weight excluding hydrogens is 356 g/mol. The summed E-state index contributed by atoms with van der Waals surface area (Å²) in [5.41, 5.74) is 6.76. The molecule has 0 aliphatic rings. The van der Waals surface area contributed by atoms with Crippen LogP contribution >= 0.6 is 27.5 Å². The Morgan fingerprint density at radius 2 is 1.81 bits per heavy atom. The summed E-state index contributed by atoms with van der Waals surface area (Å²) in [6.45, 7) is 0. The summed E-state index contributed by atoms with van der Waals surface area (Å²) in [5, 5.41) is 2.97. The molecular formula is C15H12BrClN2O2. The normalized spacial score (nSPS) is 10.2. The van der Waals surface area contributed by atoms with Crippen LogP contribution in [0.15, 0.2) is 46.9 Å². The molecule has 0 unspecified atom stereocenters. The van der Waals surface area contributed by atoms with Crippen LogP contribution in [0.25, 0.3) is 0 Å². The van der Waals surface area contributed by atoms with Gasteiger partial charge >= 0.3 is 0 Å². The average molecular weight is 368 g/mol. The van der Waals surface area contributed by atoms with Gasteiger partial charge in [0, 0.05) is 10.2 Å². The van der Waals surface area contributed by atoms with Gasteiger partial charge in [-0.1, -0.05) is 39.7 Å². The summed E-state index contributed by atoms with van der Waals surface area (Å²) in [6, 6.07) is 12.1. The number of nitrogens with two attached hydrogens (primary N) is 1. The van der Waals surface area contributed by atoms with Crippen LogP contribution in [0.4, 0.5) is 5.69 Å². The van der Waals surface area contributed by atoms with Crippen LogP contribution < -0.4 is 11.1 Å². The molecule has 0 aromatic heterocycles. The molecule has 2 aromatic rings. The van der Waals surface area contributed by atoms with Crippen LogP contribution in [0.2, 0.25) is 5.02 Å². The fourth-order valence-corrected chi connectivity index (χ4v) is 2.26. The highest BCUT2D eigenvalue weighted by molar-refractivity contribution is 9.10. The standard InChI is InChI=1S/C15H12BrClN2O2/c16-10-3-1-9(2-4-10)7-14(20)19-11-5-6-13(17)12(8-11)15(18)21/h1-6,8H,7H2,(H2,18,21)(H,19,20). The molecule has 0 saturated carbocycles. The van der Waals surface area contributed by atoms with Crippen LogP contribution in [0.1, 0.15) is 15.9 Å². The molecule has 6 heteroatoms. The molecule has 2 amide bonds. The van der Waals surface area contributed by atoms with Crippen molar-refractivity contribution in [1.82, 2.24) is 0 Å². The van der Waals surface area contributed by atoms with E-state index in [0.717, 1.165) is 10.0 Å². The molecule has 0 spiro atoms. The summed E-state index contributed by atoms with van der Waals surface area (Å²) >= 11 is 9.19. The fraction of sp³-hybridized carbons (Fsp3) is 0.0667. The Morgan fingerprint density at radius 3 is 2.43 bits per heavy atom. The number of hydrogen-bond donors (Lipinski definition) is 2. The summed E-state index contributed by atoms with van der Waals surface area (Å²) < 4.78 is 0.954. The lowest BCUT2D eigenvalue weighted by Gasteiger charge is -2.08. The number of benzene rings is 2. The van der Waals surface area contributed by atoms with Crippen LogP contribution in [-0.4, -0.2) is 11.8 Å². The van der Waals surface area contributed by atoms with E-state index in [2.05, 4.69) is 21.2 Å². The quantitative estimate of drug-likeness (QED) is 0.869. The first kappa shape index (κ1) is 15.5. The van der Waals surface area contributed by atoms with Crippen LogP contribution in [-0.2, 0) is 11.2 Å². The van der Waals surface area contributed by atoms with Crippen molar-refractivity contribution in [3.8, 4) is 0 Å². The van der Waals surface area contributed by atoms with E-state index in [1.807, 2.05) is 24.3 Å². The lowest BCUT2D eigenvalue weighted by Crippen LogP contribution is -2.16. The van der Waals surface area contributed by atoms with E-state index in [1.54, 1.807) is 6.07 Å². The molecule has 0 fully saturated rings. The summed E-state index contributed by atoms with van der Waals surface area (Å²) in [5.74, 6) is -0.820. The van der Waals surface area contributed by atoms with Gasteiger partial charge in [0.2, 0.25) is 11.8 Å². The highest BCUT2D eigenvalue weighted by atomic mass is 79.9. The maximum absolute atomic E-state index is 12.0. The van der Waals surface area contributed by atoms with E-state index >= 15 is 0 Å². The monoisotopic (exact) mass is 366 g/mol. The third kappa shape index (κ3) is 4.31. The van der Waals surface area contributed by atoms with Gasteiger partial charge in [-0.3, -0.25) is 9.59 Å². The number of nitrogens with one attached hydrogen (secondary N) is 1. The second-order valence-electron chi connectivity index (χ2n) is 4.41. The first-order chi connectivity index (χ1) is 9.95. The van der Waals surface area contributed by atoms with Crippen molar-refractivity contribution in [1.29, 1.82) is 0 Å². The zero-order valence-corrected chi connectivity index (χ0v) is 13.2. The predicted molar refractivity (Wildman–Crippen MR) is 86.4 cm³/mol. The molecule has 0 radical (unpaired) electrons. The van der Waals surface area contributed by atoms with E-state index in [9.17, 15) is 9.59 Å². The molecule has 0 aliphatic heterocycles. The minimum Gasteiger partial charge on any atom is -0.366 e. The van der Waals surface area contributed by atoms with Crippen molar-refractivity contribution in [2.24, 2.45) is 5.73 Å². The van der Waals surface area contributed by atoms with Gasteiger partial charge in [-0.2, -0.15) is 0 Å². The van der Waals surface area contributed by atoms with E-state index in [4.69, 9.17) is 17.3 Å². The molecule has 0 saturated heterocycles. The largest absolute Gasteiger partial charge is 0.366 e. The van der Waals surface area contributed by atoms with Gasteiger partial charge in [0.25, 0.3) is 0 Å². The Hall–Kier alpha value is -1.85. The summed E-state index contributed by atoms with van der Waals surface area (Å²) in [7, 11) is 0. The maximum Gasteiger partial charge on any atom is 0.250 e. The lowest BCUT2D eigenvalue weighted by molar-refractivity contribution is -0.115. The number of anilines is 1. The second-order valence-corrected chi connectivity index (χ2v) is 5.73. The van der Waals surface area contributed by atoms with Crippen molar-refractivity contribution < 1.29 is 9.59 Å². The minimum atomic E-state index is -0.635. The first-order valence-corrected chi connectivity index (χ1v) is 7.26. The molecule has 0 bridgehead atoms. The molecule has 108 valence electrons. The molecule has 0 aliphatic carbocycles. The molecule has 21 heavy (non-hydrogen) atoms. The van der Waals surface area contributed by atoms with E-state index in [1.165, 1.54) is 12.1 Å². The zero-order chi connectivity index (χ0) is 15.4. The summed E-state index contributed by atoms with van der Waals surface area (Å²) in [6.07, 6.45) is 0.238. The highest BCUT2D eigenvalue weighted by Gasteiger charge is 2.10. The van der Waals surface area contributed by atoms with Crippen molar-refractivity contribution in [3.05, 3.63) is 63.1 Å². The predicted octanol–water partition coefficient (Wildman–Crippen LogP) is 3.38. The van der Waals surface area contributed by atoms with Crippen molar-refractivity contribution in [3.63, 3.8) is 0 Å². The number of carbonyl (C=O) groups is 2. The topological polar surface area (TPSA) is 72.2 Å². The Morgan fingerprint density at radius 1 is 1.14 bits per heavy atom. The fourth-order valence-electron chi connectivity index (χ4n) is 1.78. The van der Waals surface area contributed by atoms with Crippen LogP contribution in [0, 0.1) is 0 Å². The lowest BCUT2D eigenvalue weighted by atomic mass is 10.1. The van der Waals surface area contributed by atoms with Gasteiger partial charge in [0.1, 0.15) is 0 Å². The third-order valence-corrected chi connectivity index (χ3v) is 3.65. The van der Waals surface area contributed by atoms with E-state index in [-0.39, 0.29) is 22.9 Å². The number of carbonyl (C=O) groups excluding carboxylic acids is 2. The van der Waals surface area contributed by atoms with Gasteiger partial charge in [0.15, 0.2) is 0 Å². The van der Waals surface area contributed by atoms with Gasteiger partial charge in [0.05, 0.1) is 17.0 Å². The SMILES string of the molecule is NC(=O)c1cc(NC(=O)Cc2ccc(Br)cc2)ccc1Cl. The number of halogens is 2. The average Bonchev–Trinajstić information content (AvgIpc) is 2.43. The Bertz CT molecular complexity index is 687. The Balaban J connectivity index is 2.07. The molecule has 0 heterocycles. The van der Waals surface area contributed by atoms with Gasteiger partial charge in [-0.25, -0.2) is 0 Å². The van der Waals surface area contributed by atoms with Gasteiger partial charge in [-0.15, -0.1) is 0 Å². The molecule has 0 atom stereocenters. The van der Waals surface area contributed by atoms with Crippen molar-refractivity contribution in [2.75, 3.05) is 5.32 Å². The first-order valence-electron chi connectivity index (χ1n) is 6.09. The molecule has 4 nitrogen and oxygen atoms in total. The van der Waals surface area contributed by atoms with Crippen LogP contribution in [0.3, 0.4) is 0 Å². The number of primary amides is 1. The number of amides is 2. The third-order valence-electron chi connectivity index (χ3n) is 2.79. The van der Waals surface area contributed by atoms with E-state index in [0.29, 0.717) is 5.69 Å². The maximum atomic E-state index is 12.0. The zero-order valence-electron chi connectivity index (χ0n) is 10.9. The van der Waals surface area contributed by atoms with Gasteiger partial charge < -0.3 is 11.1 Å². The molecule has 2 rings (SSSR count). The van der Waals surface area contributed by atoms with Crippen molar-refractivity contribution in [2.45, 2.75) is 6.42 Å². The number of hydrogen-bond acceptors (Lipinski definition) is 2. The number of rotatable bonds is 4. The van der Waals surface area contributed by atoms with Crippen molar-refractivity contribution >= 4 is 45.0 Å². The molecule has 2 aromatic carbocycles. The summed E-state index contributed by atoms with van der Waals surface area (Å²) in [4.78, 5) is 23.2.